The van der Waals surface area contributed by atoms with E-state index in [9.17, 15) is 4.39 Å². The van der Waals surface area contributed by atoms with Gasteiger partial charge in [-0.2, -0.15) is 0 Å². The maximum atomic E-state index is 12.9. The first kappa shape index (κ1) is 14.6. The molecule has 2 heteroatoms. The van der Waals surface area contributed by atoms with E-state index in [2.05, 4.69) is 50.4 Å². The van der Waals surface area contributed by atoms with Crippen LogP contribution in [0.2, 0.25) is 0 Å². The lowest BCUT2D eigenvalue weighted by molar-refractivity contribution is 0.450. The fourth-order valence-corrected chi connectivity index (χ4v) is 2.65. The Bertz CT molecular complexity index is 531. The second-order valence-corrected chi connectivity index (χ2v) is 6.01. The maximum Gasteiger partial charge on any atom is 0.123 e. The summed E-state index contributed by atoms with van der Waals surface area (Å²) in [6, 6.07) is 17.4. The number of hydrogen-bond donors (Lipinski definition) is 1. The fourth-order valence-electron chi connectivity index (χ4n) is 2.65. The molecule has 1 atom stereocenters. The maximum absolute atomic E-state index is 12.9. The number of nitrogens with one attached hydrogen (secondary N) is 1. The minimum Gasteiger partial charge on any atom is -0.383 e. The monoisotopic (exact) mass is 271 g/mol. The van der Waals surface area contributed by atoms with Crippen molar-refractivity contribution in [1.29, 1.82) is 0 Å². The summed E-state index contributed by atoms with van der Waals surface area (Å²) in [5, 5.41) is 3.43. The first-order valence-electron chi connectivity index (χ1n) is 7.05. The number of hydrogen-bond acceptors (Lipinski definition) is 1. The molecule has 2 rings (SSSR count). The summed E-state index contributed by atoms with van der Waals surface area (Å²) in [5.74, 6) is -0.201. The summed E-state index contributed by atoms with van der Waals surface area (Å²) in [6.45, 7) is 6.67. The van der Waals surface area contributed by atoms with Gasteiger partial charge in [0.05, 0.1) is 0 Å². The Kier molecular flexibility index (Phi) is 4.43. The summed E-state index contributed by atoms with van der Waals surface area (Å²) in [5.41, 5.74) is 2.41. The van der Waals surface area contributed by atoms with Crippen molar-refractivity contribution in [1.82, 2.24) is 0 Å². The highest BCUT2D eigenvalue weighted by Crippen LogP contribution is 2.29. The van der Waals surface area contributed by atoms with Gasteiger partial charge in [0.1, 0.15) is 5.82 Å². The van der Waals surface area contributed by atoms with Crippen molar-refractivity contribution in [2.75, 3.05) is 5.32 Å². The summed E-state index contributed by atoms with van der Waals surface area (Å²) in [6.07, 6.45) is 1.01. The Morgan fingerprint density at radius 2 is 1.60 bits per heavy atom. The highest BCUT2D eigenvalue weighted by atomic mass is 19.1. The summed E-state index contributed by atoms with van der Waals surface area (Å²) >= 11 is 0. The number of rotatable bonds is 5. The smallest absolute Gasteiger partial charge is 0.123 e. The molecule has 1 unspecified atom stereocenters. The van der Waals surface area contributed by atoms with Gasteiger partial charge in [0.15, 0.2) is 0 Å². The topological polar surface area (TPSA) is 12.0 Å². The van der Waals surface area contributed by atoms with Crippen LogP contribution < -0.4 is 5.32 Å². The molecule has 0 heterocycles. The Labute approximate surface area is 120 Å². The molecular weight excluding hydrogens is 249 g/mol. The second-order valence-electron chi connectivity index (χ2n) is 6.01. The van der Waals surface area contributed by atoms with Crippen LogP contribution in [0.1, 0.15) is 32.8 Å². The van der Waals surface area contributed by atoms with Crippen LogP contribution in [0.25, 0.3) is 0 Å². The molecule has 0 saturated heterocycles. The van der Waals surface area contributed by atoms with Gasteiger partial charge in [-0.1, -0.05) is 44.2 Å². The molecule has 0 radical (unpaired) electrons. The summed E-state index contributed by atoms with van der Waals surface area (Å²) in [7, 11) is 0. The largest absolute Gasteiger partial charge is 0.383 e. The predicted molar refractivity (Wildman–Crippen MR) is 83.6 cm³/mol. The zero-order valence-corrected chi connectivity index (χ0v) is 12.4. The lowest BCUT2D eigenvalue weighted by Crippen LogP contribution is -2.27. The minimum absolute atomic E-state index is 0.105. The van der Waals surface area contributed by atoms with Gasteiger partial charge in [0.2, 0.25) is 0 Å². The molecule has 0 spiro atoms. The number of benzene rings is 2. The molecule has 0 aliphatic heterocycles. The number of anilines is 1. The average molecular weight is 271 g/mol. The van der Waals surface area contributed by atoms with Gasteiger partial charge in [0, 0.05) is 11.7 Å². The van der Waals surface area contributed by atoms with E-state index in [-0.39, 0.29) is 11.2 Å². The third-order valence-corrected chi connectivity index (χ3v) is 3.63. The van der Waals surface area contributed by atoms with Gasteiger partial charge < -0.3 is 5.32 Å². The first-order chi connectivity index (χ1) is 9.47. The van der Waals surface area contributed by atoms with Crippen molar-refractivity contribution in [2.45, 2.75) is 38.6 Å². The molecule has 1 N–H and O–H groups in total. The molecule has 0 amide bonds. The first-order valence-corrected chi connectivity index (χ1v) is 7.05. The van der Waals surface area contributed by atoms with E-state index in [1.54, 1.807) is 12.1 Å². The van der Waals surface area contributed by atoms with Gasteiger partial charge in [-0.25, -0.2) is 4.39 Å². The zero-order valence-electron chi connectivity index (χ0n) is 12.4. The van der Waals surface area contributed by atoms with Crippen molar-refractivity contribution in [3.63, 3.8) is 0 Å². The van der Waals surface area contributed by atoms with Gasteiger partial charge in [-0.15, -0.1) is 0 Å². The van der Waals surface area contributed by atoms with Crippen LogP contribution in [0.4, 0.5) is 10.1 Å². The predicted octanol–water partition coefficient (Wildman–Crippen LogP) is 4.99. The van der Waals surface area contributed by atoms with E-state index in [1.165, 1.54) is 17.7 Å². The minimum atomic E-state index is -0.201. The normalized spacial score (nSPS) is 13.0. The molecule has 0 bridgehead atoms. The van der Waals surface area contributed by atoms with Crippen LogP contribution in [0.15, 0.2) is 54.6 Å². The average Bonchev–Trinajstić information content (AvgIpc) is 2.42. The van der Waals surface area contributed by atoms with Gasteiger partial charge in [0.25, 0.3) is 0 Å². The van der Waals surface area contributed by atoms with Crippen LogP contribution in [0, 0.1) is 5.82 Å². The fraction of sp³-hybridized carbons (Fsp3) is 0.333. The Balaban J connectivity index is 2.00. The van der Waals surface area contributed by atoms with Crippen molar-refractivity contribution >= 4 is 5.69 Å². The Hall–Kier alpha value is -1.83. The molecule has 2 aromatic rings. The lowest BCUT2D eigenvalue weighted by atomic mass is 9.79. The van der Waals surface area contributed by atoms with E-state index < -0.39 is 0 Å². The molecule has 0 fully saturated rings. The van der Waals surface area contributed by atoms with Crippen LogP contribution >= 0.6 is 0 Å². The van der Waals surface area contributed by atoms with E-state index in [0.717, 1.165) is 12.1 Å². The molecular formula is C18H22FN. The van der Waals surface area contributed by atoms with E-state index in [0.29, 0.717) is 6.04 Å². The SMILES string of the molecule is CC(CC(C)(C)c1ccccc1)Nc1ccc(F)cc1. The third kappa shape index (κ3) is 3.83. The molecule has 0 aliphatic carbocycles. The molecule has 20 heavy (non-hydrogen) atoms. The van der Waals surface area contributed by atoms with Crippen LogP contribution in [-0.4, -0.2) is 6.04 Å². The van der Waals surface area contributed by atoms with Gasteiger partial charge >= 0.3 is 0 Å². The standard InChI is InChI=1S/C18H22FN/c1-14(20-17-11-9-16(19)10-12-17)13-18(2,3)15-7-5-4-6-8-15/h4-12,14,20H,13H2,1-3H3. The summed E-state index contributed by atoms with van der Waals surface area (Å²) in [4.78, 5) is 0. The second kappa shape index (κ2) is 6.08. The van der Waals surface area contributed by atoms with Gasteiger partial charge in [-0.3, -0.25) is 0 Å². The van der Waals surface area contributed by atoms with E-state index in [4.69, 9.17) is 0 Å². The van der Waals surface area contributed by atoms with E-state index >= 15 is 0 Å². The molecule has 1 nitrogen and oxygen atoms in total. The van der Waals surface area contributed by atoms with Crippen molar-refractivity contribution in [3.8, 4) is 0 Å². The van der Waals surface area contributed by atoms with E-state index in [1.807, 2.05) is 6.07 Å². The van der Waals surface area contributed by atoms with Crippen molar-refractivity contribution < 1.29 is 4.39 Å². The van der Waals surface area contributed by atoms with Crippen LogP contribution in [-0.2, 0) is 5.41 Å². The van der Waals surface area contributed by atoms with Gasteiger partial charge in [-0.05, 0) is 48.6 Å². The van der Waals surface area contributed by atoms with Crippen LogP contribution in [0.5, 0.6) is 0 Å². The Morgan fingerprint density at radius 3 is 2.20 bits per heavy atom. The van der Waals surface area contributed by atoms with Crippen molar-refractivity contribution in [2.24, 2.45) is 0 Å². The molecule has 0 saturated carbocycles. The molecule has 2 aromatic carbocycles. The van der Waals surface area contributed by atoms with Crippen molar-refractivity contribution in [3.05, 3.63) is 66.0 Å². The molecule has 0 aliphatic rings. The highest BCUT2D eigenvalue weighted by molar-refractivity contribution is 5.43. The molecule has 106 valence electrons. The quantitative estimate of drug-likeness (QED) is 0.807. The zero-order chi connectivity index (χ0) is 14.6. The number of halogens is 1. The Morgan fingerprint density at radius 1 is 1.00 bits per heavy atom. The van der Waals surface area contributed by atoms with Crippen LogP contribution in [0.3, 0.4) is 0 Å². The molecule has 0 aromatic heterocycles. The highest BCUT2D eigenvalue weighted by Gasteiger charge is 2.23. The third-order valence-electron chi connectivity index (χ3n) is 3.63. The lowest BCUT2D eigenvalue weighted by Gasteiger charge is -2.29. The summed E-state index contributed by atoms with van der Waals surface area (Å²) < 4.78 is 12.9.